The van der Waals surface area contributed by atoms with Gasteiger partial charge in [0.05, 0.1) is 0 Å². The van der Waals surface area contributed by atoms with Crippen molar-refractivity contribution in [2.24, 2.45) is 0 Å². The van der Waals surface area contributed by atoms with Crippen molar-refractivity contribution in [3.05, 3.63) is 85.1 Å². The molecule has 0 amide bonds. The molecule has 0 aromatic heterocycles. The fourth-order valence-electron chi connectivity index (χ4n) is 8.78. The minimum atomic E-state index is -0.769. The SMILES string of the molecule is CC/C=C\C/C=C\C/C=C\C/C=C\C/C=C\C/C=C\C/C=C\CCCCCCCCCCCCCCCC(=O)OCC(COC(=O)CCCCCCC)OC(=O)CCCCCCCCCCCCCCCCC. The van der Waals surface area contributed by atoms with Crippen LogP contribution in [0.3, 0.4) is 0 Å². The molecule has 0 aromatic rings. The van der Waals surface area contributed by atoms with Gasteiger partial charge in [0, 0.05) is 19.3 Å². The van der Waals surface area contributed by atoms with Crippen LogP contribution in [-0.4, -0.2) is 37.2 Å². The highest BCUT2D eigenvalue weighted by molar-refractivity contribution is 5.71. The summed E-state index contributed by atoms with van der Waals surface area (Å²) in [5.41, 5.74) is 0. The first-order valence-electron chi connectivity index (χ1n) is 31.1. The molecule has 1 atom stereocenters. The van der Waals surface area contributed by atoms with Crippen LogP contribution < -0.4 is 0 Å². The van der Waals surface area contributed by atoms with Gasteiger partial charge in [-0.15, -0.1) is 0 Å². The molecule has 0 rings (SSSR count). The first-order valence-corrected chi connectivity index (χ1v) is 31.1. The molecule has 73 heavy (non-hydrogen) atoms. The summed E-state index contributed by atoms with van der Waals surface area (Å²) in [6, 6.07) is 0. The number of hydrogen-bond donors (Lipinski definition) is 0. The first-order chi connectivity index (χ1) is 36.0. The molecule has 0 aliphatic carbocycles. The van der Waals surface area contributed by atoms with E-state index in [4.69, 9.17) is 14.2 Å². The second-order valence-electron chi connectivity index (χ2n) is 20.6. The molecule has 6 nitrogen and oxygen atoms in total. The summed E-state index contributed by atoms with van der Waals surface area (Å²) in [5, 5.41) is 0. The second kappa shape index (κ2) is 61.1. The number of carbonyl (C=O) groups excluding carboxylic acids is 3. The Balaban J connectivity index is 3.96. The van der Waals surface area contributed by atoms with Gasteiger partial charge in [-0.2, -0.15) is 0 Å². The van der Waals surface area contributed by atoms with Gasteiger partial charge in [0.1, 0.15) is 13.2 Å². The van der Waals surface area contributed by atoms with Crippen LogP contribution in [-0.2, 0) is 28.6 Å². The molecule has 0 N–H and O–H groups in total. The van der Waals surface area contributed by atoms with Crippen LogP contribution in [0, 0.1) is 0 Å². The van der Waals surface area contributed by atoms with E-state index in [1.54, 1.807) is 0 Å². The van der Waals surface area contributed by atoms with Crippen molar-refractivity contribution >= 4 is 17.9 Å². The van der Waals surface area contributed by atoms with Crippen molar-refractivity contribution in [1.82, 2.24) is 0 Å². The summed E-state index contributed by atoms with van der Waals surface area (Å²) in [5.74, 6) is -0.876. The van der Waals surface area contributed by atoms with Crippen molar-refractivity contribution in [3.63, 3.8) is 0 Å². The zero-order valence-electron chi connectivity index (χ0n) is 48.1. The lowest BCUT2D eigenvalue weighted by Crippen LogP contribution is -2.30. The van der Waals surface area contributed by atoms with Crippen molar-refractivity contribution < 1.29 is 28.6 Å². The normalized spacial score (nSPS) is 12.6. The highest BCUT2D eigenvalue weighted by Crippen LogP contribution is 2.17. The Hall–Kier alpha value is -3.41. The predicted octanol–water partition coefficient (Wildman–Crippen LogP) is 21.1. The van der Waals surface area contributed by atoms with Crippen molar-refractivity contribution in [1.29, 1.82) is 0 Å². The minimum absolute atomic E-state index is 0.0725. The van der Waals surface area contributed by atoms with E-state index >= 15 is 0 Å². The lowest BCUT2D eigenvalue weighted by Gasteiger charge is -2.18. The summed E-state index contributed by atoms with van der Waals surface area (Å²) < 4.78 is 16.7. The summed E-state index contributed by atoms with van der Waals surface area (Å²) in [6.45, 7) is 6.47. The molecule has 0 fully saturated rings. The maximum Gasteiger partial charge on any atom is 0.306 e. The molecule has 0 aliphatic heterocycles. The van der Waals surface area contributed by atoms with Gasteiger partial charge >= 0.3 is 17.9 Å². The summed E-state index contributed by atoms with van der Waals surface area (Å²) in [4.78, 5) is 37.8. The Bertz CT molecular complexity index is 1400. The zero-order chi connectivity index (χ0) is 52.9. The molecule has 0 saturated carbocycles. The van der Waals surface area contributed by atoms with Crippen LogP contribution in [0.4, 0.5) is 0 Å². The Kier molecular flexibility index (Phi) is 58.3. The maximum absolute atomic E-state index is 12.8. The summed E-state index contributed by atoms with van der Waals surface area (Å²) in [6.07, 6.45) is 80.7. The average Bonchev–Trinajstić information content (AvgIpc) is 3.39. The smallest absolute Gasteiger partial charge is 0.306 e. The van der Waals surface area contributed by atoms with E-state index in [9.17, 15) is 14.4 Å². The molecule has 0 spiro atoms. The number of ether oxygens (including phenoxy) is 3. The fourth-order valence-corrected chi connectivity index (χ4v) is 8.78. The molecule has 0 heterocycles. The van der Waals surface area contributed by atoms with Crippen LogP contribution in [0.25, 0.3) is 0 Å². The Morgan fingerprint density at radius 2 is 0.534 bits per heavy atom. The monoisotopic (exact) mass is 1020 g/mol. The van der Waals surface area contributed by atoms with Crippen LogP contribution in [0.1, 0.15) is 303 Å². The predicted molar refractivity (Wildman–Crippen MR) is 316 cm³/mol. The average molecular weight is 1020 g/mol. The topological polar surface area (TPSA) is 78.9 Å². The van der Waals surface area contributed by atoms with Gasteiger partial charge < -0.3 is 14.2 Å². The number of hydrogen-bond acceptors (Lipinski definition) is 6. The first kappa shape index (κ1) is 69.6. The lowest BCUT2D eigenvalue weighted by atomic mass is 10.0. The van der Waals surface area contributed by atoms with E-state index in [0.717, 1.165) is 109 Å². The van der Waals surface area contributed by atoms with Crippen LogP contribution in [0.2, 0.25) is 0 Å². The van der Waals surface area contributed by atoms with Gasteiger partial charge in [0.15, 0.2) is 6.10 Å². The highest BCUT2D eigenvalue weighted by Gasteiger charge is 2.19. The molecule has 0 radical (unpaired) electrons. The van der Waals surface area contributed by atoms with Crippen molar-refractivity contribution in [3.8, 4) is 0 Å². The zero-order valence-corrected chi connectivity index (χ0v) is 48.1. The Morgan fingerprint density at radius 3 is 0.836 bits per heavy atom. The van der Waals surface area contributed by atoms with Gasteiger partial charge in [-0.3, -0.25) is 14.4 Å². The van der Waals surface area contributed by atoms with Gasteiger partial charge in [-0.05, 0) is 77.0 Å². The second-order valence-corrected chi connectivity index (χ2v) is 20.6. The van der Waals surface area contributed by atoms with Gasteiger partial charge in [0.2, 0.25) is 0 Å². The number of rotatable bonds is 56. The fraction of sp³-hybridized carbons (Fsp3) is 0.746. The molecule has 420 valence electrons. The third-order valence-electron chi connectivity index (χ3n) is 13.4. The standard InChI is InChI=1S/C67H116O6/c1-4-7-10-13-15-17-19-21-23-24-25-26-27-28-29-30-31-32-33-34-35-36-37-38-39-40-41-42-44-45-47-49-51-54-57-60-66(69)72-63-64(62-71-65(68)59-56-53-12-9-6-3)73-67(70)61-58-55-52-50-48-46-43-22-20-18-16-14-11-8-5-2/h7,10,15,17,21,23,25-26,28-29,31-32,34-35,64H,4-6,8-9,11-14,16,18-20,22,24,27,30,33,36-63H2,1-3H3/b10-7-,17-15-,23-21-,26-25-,29-28-,32-31-,35-34-. The molecule has 6 heteroatoms. The molecule has 0 bridgehead atoms. The molecular weight excluding hydrogens is 901 g/mol. The minimum Gasteiger partial charge on any atom is -0.462 e. The molecule has 0 aromatic carbocycles. The lowest BCUT2D eigenvalue weighted by molar-refractivity contribution is -0.167. The Morgan fingerprint density at radius 1 is 0.288 bits per heavy atom. The van der Waals surface area contributed by atoms with Crippen molar-refractivity contribution in [2.45, 2.75) is 309 Å². The summed E-state index contributed by atoms with van der Waals surface area (Å²) in [7, 11) is 0. The summed E-state index contributed by atoms with van der Waals surface area (Å²) >= 11 is 0. The third kappa shape index (κ3) is 59.3. The number of allylic oxidation sites excluding steroid dienone is 14. The number of carbonyl (C=O) groups is 3. The van der Waals surface area contributed by atoms with Gasteiger partial charge in [-0.25, -0.2) is 0 Å². The molecule has 0 saturated heterocycles. The van der Waals surface area contributed by atoms with E-state index < -0.39 is 6.10 Å². The van der Waals surface area contributed by atoms with E-state index in [1.807, 2.05) is 0 Å². The van der Waals surface area contributed by atoms with E-state index in [1.165, 1.54) is 154 Å². The maximum atomic E-state index is 12.8. The third-order valence-corrected chi connectivity index (χ3v) is 13.4. The molecule has 1 unspecified atom stereocenters. The number of unbranched alkanes of at least 4 members (excludes halogenated alkanes) is 31. The van der Waals surface area contributed by atoms with Crippen LogP contribution in [0.15, 0.2) is 85.1 Å². The largest absolute Gasteiger partial charge is 0.462 e. The highest BCUT2D eigenvalue weighted by atomic mass is 16.6. The van der Waals surface area contributed by atoms with Gasteiger partial charge in [-0.1, -0.05) is 292 Å². The van der Waals surface area contributed by atoms with Crippen molar-refractivity contribution in [2.75, 3.05) is 13.2 Å². The van der Waals surface area contributed by atoms with Crippen LogP contribution >= 0.6 is 0 Å². The van der Waals surface area contributed by atoms with E-state index in [-0.39, 0.29) is 31.1 Å². The quantitative estimate of drug-likeness (QED) is 0.0261. The molecular formula is C67H116O6. The van der Waals surface area contributed by atoms with Crippen LogP contribution in [0.5, 0.6) is 0 Å². The van der Waals surface area contributed by atoms with E-state index in [0.29, 0.717) is 19.3 Å². The van der Waals surface area contributed by atoms with Gasteiger partial charge in [0.25, 0.3) is 0 Å². The number of esters is 3. The molecule has 0 aliphatic rings. The van der Waals surface area contributed by atoms with E-state index in [2.05, 4.69) is 106 Å². The Labute approximate surface area is 452 Å².